The highest BCUT2D eigenvalue weighted by Gasteiger charge is 2.09. The normalized spacial score (nSPS) is 9.88. The number of likely N-dealkylation sites (N-methyl/N-ethyl adjacent to an activating group) is 1. The molecule has 0 heterocycles. The van der Waals surface area contributed by atoms with E-state index in [1.165, 1.54) is 0 Å². The van der Waals surface area contributed by atoms with Gasteiger partial charge in [-0.3, -0.25) is 4.79 Å². The molecule has 0 saturated heterocycles. The van der Waals surface area contributed by atoms with Crippen LogP contribution >= 0.6 is 0 Å². The van der Waals surface area contributed by atoms with Crippen LogP contribution in [0.1, 0.15) is 11.1 Å². The van der Waals surface area contributed by atoms with Crippen molar-refractivity contribution in [3.63, 3.8) is 0 Å². The van der Waals surface area contributed by atoms with Crippen LogP contribution in [0.5, 0.6) is 11.5 Å². The minimum absolute atomic E-state index is 0.0488. The van der Waals surface area contributed by atoms with Crippen molar-refractivity contribution >= 4 is 5.91 Å². The van der Waals surface area contributed by atoms with Gasteiger partial charge in [-0.15, -0.1) is 0 Å². The Hall–Kier alpha value is -3.00. The summed E-state index contributed by atoms with van der Waals surface area (Å²) >= 11 is 0. The maximum atomic E-state index is 12.0. The summed E-state index contributed by atoms with van der Waals surface area (Å²) in [6, 6.07) is 16.5. The second-order valence-corrected chi connectivity index (χ2v) is 5.41. The third-order valence-corrected chi connectivity index (χ3v) is 3.46. The Balaban J connectivity index is 1.72. The Bertz CT molecular complexity index is 720. The molecule has 5 heteroatoms. The van der Waals surface area contributed by atoms with Gasteiger partial charge < -0.3 is 14.4 Å². The van der Waals surface area contributed by atoms with Crippen LogP contribution in [0.4, 0.5) is 0 Å². The first-order chi connectivity index (χ1) is 11.6. The fourth-order valence-electron chi connectivity index (χ4n) is 2.01. The highest BCUT2D eigenvalue weighted by atomic mass is 16.5. The fourth-order valence-corrected chi connectivity index (χ4v) is 2.01. The van der Waals surface area contributed by atoms with Crippen LogP contribution in [0.2, 0.25) is 0 Å². The molecule has 0 bridgehead atoms. The summed E-state index contributed by atoms with van der Waals surface area (Å²) in [4.78, 5) is 13.6. The number of rotatable bonds is 7. The zero-order valence-corrected chi connectivity index (χ0v) is 13.9. The monoisotopic (exact) mass is 324 g/mol. The van der Waals surface area contributed by atoms with Crippen LogP contribution in [0.25, 0.3) is 0 Å². The van der Waals surface area contributed by atoms with Crippen LogP contribution in [-0.4, -0.2) is 37.6 Å². The summed E-state index contributed by atoms with van der Waals surface area (Å²) in [5.74, 6) is 1.23. The lowest BCUT2D eigenvalue weighted by atomic mass is 10.2. The minimum Gasteiger partial charge on any atom is -0.492 e. The summed E-state index contributed by atoms with van der Waals surface area (Å²) in [6.07, 6.45) is 0. The summed E-state index contributed by atoms with van der Waals surface area (Å²) < 4.78 is 11.1. The quantitative estimate of drug-likeness (QED) is 0.785. The molecular weight excluding hydrogens is 304 g/mol. The van der Waals surface area contributed by atoms with E-state index in [1.54, 1.807) is 36.2 Å². The van der Waals surface area contributed by atoms with E-state index < -0.39 is 0 Å². The van der Waals surface area contributed by atoms with Gasteiger partial charge in [0.15, 0.2) is 6.61 Å². The zero-order chi connectivity index (χ0) is 17.4. The van der Waals surface area contributed by atoms with Crippen molar-refractivity contribution in [2.45, 2.75) is 6.92 Å². The molecule has 0 atom stereocenters. The number of nitriles is 1. The SMILES string of the molecule is Cc1cccc(OCCN(C)C(=O)COc2ccc(C#N)cc2)c1. The first-order valence-electron chi connectivity index (χ1n) is 7.65. The Kier molecular flexibility index (Phi) is 6.21. The van der Waals surface area contributed by atoms with E-state index in [9.17, 15) is 4.79 Å². The Labute approximate surface area is 142 Å². The van der Waals surface area contributed by atoms with Gasteiger partial charge in [0.2, 0.25) is 0 Å². The third-order valence-electron chi connectivity index (χ3n) is 3.46. The van der Waals surface area contributed by atoms with Gasteiger partial charge in [0.25, 0.3) is 5.91 Å². The van der Waals surface area contributed by atoms with Gasteiger partial charge in [-0.05, 0) is 48.9 Å². The summed E-state index contributed by atoms with van der Waals surface area (Å²) in [5, 5.41) is 8.74. The van der Waals surface area contributed by atoms with E-state index in [-0.39, 0.29) is 12.5 Å². The van der Waals surface area contributed by atoms with Crippen LogP contribution in [0, 0.1) is 18.3 Å². The molecule has 1 amide bonds. The van der Waals surface area contributed by atoms with Crippen molar-refractivity contribution < 1.29 is 14.3 Å². The van der Waals surface area contributed by atoms with Gasteiger partial charge in [-0.2, -0.15) is 5.26 Å². The average Bonchev–Trinajstić information content (AvgIpc) is 2.60. The van der Waals surface area contributed by atoms with Gasteiger partial charge in [0.1, 0.15) is 18.1 Å². The van der Waals surface area contributed by atoms with Crippen LogP contribution in [0.3, 0.4) is 0 Å². The predicted octanol–water partition coefficient (Wildman–Crippen LogP) is 2.78. The van der Waals surface area contributed by atoms with E-state index >= 15 is 0 Å². The lowest BCUT2D eigenvalue weighted by Gasteiger charge is -2.18. The molecule has 124 valence electrons. The number of carbonyl (C=O) groups excluding carboxylic acids is 1. The van der Waals surface area contributed by atoms with Crippen LogP contribution in [-0.2, 0) is 4.79 Å². The molecule has 0 aliphatic rings. The molecule has 0 fully saturated rings. The number of benzene rings is 2. The molecule has 0 N–H and O–H groups in total. The fraction of sp³-hybridized carbons (Fsp3) is 0.263. The van der Waals surface area contributed by atoms with Crippen LogP contribution < -0.4 is 9.47 Å². The van der Waals surface area contributed by atoms with Crippen molar-refractivity contribution in [1.29, 1.82) is 5.26 Å². The first kappa shape index (κ1) is 17.4. The standard InChI is InChI=1S/C19H20N2O3/c1-15-4-3-5-18(12-15)23-11-10-21(2)19(22)14-24-17-8-6-16(13-20)7-9-17/h3-9,12H,10-11,14H2,1-2H3. The molecule has 2 rings (SSSR count). The van der Waals surface area contributed by atoms with Crippen molar-refractivity contribution in [2.75, 3.05) is 26.8 Å². The molecule has 0 aliphatic heterocycles. The highest BCUT2D eigenvalue weighted by molar-refractivity contribution is 5.77. The van der Waals surface area contributed by atoms with E-state index in [2.05, 4.69) is 0 Å². The van der Waals surface area contributed by atoms with Gasteiger partial charge in [0.05, 0.1) is 18.2 Å². The second-order valence-electron chi connectivity index (χ2n) is 5.41. The van der Waals surface area contributed by atoms with Gasteiger partial charge in [0, 0.05) is 7.05 Å². The molecule has 0 aromatic heterocycles. The van der Waals surface area contributed by atoms with Crippen molar-refractivity contribution in [2.24, 2.45) is 0 Å². The molecule has 0 spiro atoms. The van der Waals surface area contributed by atoms with E-state index in [0.717, 1.165) is 11.3 Å². The predicted molar refractivity (Wildman–Crippen MR) is 91.0 cm³/mol. The number of carbonyl (C=O) groups is 1. The van der Waals surface area contributed by atoms with Gasteiger partial charge in [-0.25, -0.2) is 0 Å². The number of nitrogens with zero attached hydrogens (tertiary/aromatic N) is 2. The third kappa shape index (κ3) is 5.33. The van der Waals surface area contributed by atoms with Gasteiger partial charge >= 0.3 is 0 Å². The minimum atomic E-state index is -0.132. The summed E-state index contributed by atoms with van der Waals surface area (Å²) in [6.45, 7) is 2.85. The second kappa shape index (κ2) is 8.59. The Morgan fingerprint density at radius 2 is 1.88 bits per heavy atom. The van der Waals surface area contributed by atoms with Gasteiger partial charge in [-0.1, -0.05) is 12.1 Å². The van der Waals surface area contributed by atoms with E-state index in [1.807, 2.05) is 37.3 Å². The maximum absolute atomic E-state index is 12.0. The average molecular weight is 324 g/mol. The first-order valence-corrected chi connectivity index (χ1v) is 7.65. The number of aryl methyl sites for hydroxylation is 1. The van der Waals surface area contributed by atoms with Crippen molar-refractivity contribution in [1.82, 2.24) is 4.90 Å². The Morgan fingerprint density at radius 3 is 2.54 bits per heavy atom. The maximum Gasteiger partial charge on any atom is 0.260 e. The molecule has 24 heavy (non-hydrogen) atoms. The van der Waals surface area contributed by atoms with E-state index in [4.69, 9.17) is 14.7 Å². The number of amides is 1. The molecule has 5 nitrogen and oxygen atoms in total. The lowest BCUT2D eigenvalue weighted by molar-refractivity contribution is -0.132. The lowest BCUT2D eigenvalue weighted by Crippen LogP contribution is -2.34. The Morgan fingerprint density at radius 1 is 1.12 bits per heavy atom. The summed E-state index contributed by atoms with van der Waals surface area (Å²) in [7, 11) is 1.71. The van der Waals surface area contributed by atoms with E-state index in [0.29, 0.717) is 24.5 Å². The zero-order valence-electron chi connectivity index (χ0n) is 13.9. The summed E-state index contributed by atoms with van der Waals surface area (Å²) in [5.41, 5.74) is 1.69. The number of ether oxygens (including phenoxy) is 2. The van der Waals surface area contributed by atoms with Crippen molar-refractivity contribution in [3.8, 4) is 17.6 Å². The smallest absolute Gasteiger partial charge is 0.260 e. The van der Waals surface area contributed by atoms with Crippen LogP contribution in [0.15, 0.2) is 48.5 Å². The molecule has 2 aromatic rings. The topological polar surface area (TPSA) is 62.6 Å². The number of hydrogen-bond acceptors (Lipinski definition) is 4. The number of hydrogen-bond donors (Lipinski definition) is 0. The molecule has 0 unspecified atom stereocenters. The molecule has 0 saturated carbocycles. The molecular formula is C19H20N2O3. The molecule has 2 aromatic carbocycles. The van der Waals surface area contributed by atoms with Crippen molar-refractivity contribution in [3.05, 3.63) is 59.7 Å². The molecule has 0 aliphatic carbocycles. The highest BCUT2D eigenvalue weighted by Crippen LogP contribution is 2.13. The largest absolute Gasteiger partial charge is 0.492 e. The molecule has 0 radical (unpaired) electrons.